The van der Waals surface area contributed by atoms with Crippen LogP contribution in [-0.2, 0) is 4.79 Å². The number of hydrogen-bond donors (Lipinski definition) is 1. The number of amides is 1. The highest BCUT2D eigenvalue weighted by atomic mass is 79.9. The molecule has 1 aromatic rings. The van der Waals surface area contributed by atoms with Crippen LogP contribution < -0.4 is 10.1 Å². The molecule has 0 aromatic heterocycles. The van der Waals surface area contributed by atoms with Crippen LogP contribution in [0.5, 0.6) is 5.75 Å². The van der Waals surface area contributed by atoms with Crippen LogP contribution in [0.3, 0.4) is 0 Å². The van der Waals surface area contributed by atoms with Crippen molar-refractivity contribution >= 4 is 21.8 Å². The SMILES string of the molecule is C=C(Br)CNC(=O)COc1ccccc1C#N. The number of nitrogens with one attached hydrogen (secondary N) is 1. The smallest absolute Gasteiger partial charge is 0.258 e. The van der Waals surface area contributed by atoms with Crippen molar-refractivity contribution in [2.45, 2.75) is 0 Å². The van der Waals surface area contributed by atoms with Gasteiger partial charge in [0, 0.05) is 11.0 Å². The minimum atomic E-state index is -0.265. The fourth-order valence-corrected chi connectivity index (χ4v) is 1.21. The molecule has 1 amide bonds. The van der Waals surface area contributed by atoms with E-state index < -0.39 is 0 Å². The maximum Gasteiger partial charge on any atom is 0.258 e. The molecule has 0 aliphatic heterocycles. The van der Waals surface area contributed by atoms with Crippen LogP contribution in [-0.4, -0.2) is 19.1 Å². The number of benzene rings is 1. The summed E-state index contributed by atoms with van der Waals surface area (Å²) < 4.78 is 5.93. The van der Waals surface area contributed by atoms with Gasteiger partial charge in [-0.1, -0.05) is 34.6 Å². The monoisotopic (exact) mass is 294 g/mol. The molecule has 0 unspecified atom stereocenters. The van der Waals surface area contributed by atoms with Crippen molar-refractivity contribution in [1.29, 1.82) is 5.26 Å². The van der Waals surface area contributed by atoms with Gasteiger partial charge in [0.15, 0.2) is 6.61 Å². The van der Waals surface area contributed by atoms with Gasteiger partial charge >= 0.3 is 0 Å². The van der Waals surface area contributed by atoms with Gasteiger partial charge < -0.3 is 10.1 Å². The Labute approximate surface area is 108 Å². The van der Waals surface area contributed by atoms with Gasteiger partial charge in [-0.2, -0.15) is 5.26 Å². The third kappa shape index (κ3) is 4.70. The minimum Gasteiger partial charge on any atom is -0.482 e. The van der Waals surface area contributed by atoms with E-state index in [1.807, 2.05) is 6.07 Å². The molecule has 0 radical (unpaired) electrons. The predicted molar refractivity (Wildman–Crippen MR) is 67.7 cm³/mol. The largest absolute Gasteiger partial charge is 0.482 e. The third-order valence-corrected chi connectivity index (χ3v) is 2.12. The number of hydrogen-bond acceptors (Lipinski definition) is 3. The number of para-hydroxylation sites is 1. The first kappa shape index (κ1) is 13.3. The lowest BCUT2D eigenvalue weighted by atomic mass is 10.2. The van der Waals surface area contributed by atoms with Gasteiger partial charge in [0.2, 0.25) is 0 Å². The van der Waals surface area contributed by atoms with E-state index in [4.69, 9.17) is 10.00 Å². The summed E-state index contributed by atoms with van der Waals surface area (Å²) in [5, 5.41) is 11.4. The molecule has 0 atom stereocenters. The molecule has 0 fully saturated rings. The second kappa shape index (κ2) is 6.71. The summed E-state index contributed by atoms with van der Waals surface area (Å²) in [6, 6.07) is 8.75. The van der Waals surface area contributed by atoms with Crippen LogP contribution in [0.15, 0.2) is 35.3 Å². The van der Waals surface area contributed by atoms with Crippen molar-refractivity contribution < 1.29 is 9.53 Å². The lowest BCUT2D eigenvalue weighted by molar-refractivity contribution is -0.122. The fraction of sp³-hybridized carbons (Fsp3) is 0.167. The van der Waals surface area contributed by atoms with Crippen LogP contribution >= 0.6 is 15.9 Å². The van der Waals surface area contributed by atoms with E-state index in [9.17, 15) is 4.79 Å². The summed E-state index contributed by atoms with van der Waals surface area (Å²) in [4.78, 5) is 11.3. The first-order valence-electron chi connectivity index (χ1n) is 4.85. The van der Waals surface area contributed by atoms with Crippen molar-refractivity contribution in [2.75, 3.05) is 13.2 Å². The van der Waals surface area contributed by atoms with Crippen LogP contribution in [0.25, 0.3) is 0 Å². The zero-order valence-corrected chi connectivity index (χ0v) is 10.7. The van der Waals surface area contributed by atoms with Crippen molar-refractivity contribution in [3.63, 3.8) is 0 Å². The molecular formula is C12H11BrN2O2. The molecule has 1 aromatic carbocycles. The number of rotatable bonds is 5. The minimum absolute atomic E-state index is 0.126. The maximum atomic E-state index is 11.3. The van der Waals surface area contributed by atoms with Crippen molar-refractivity contribution in [3.05, 3.63) is 40.9 Å². The predicted octanol–water partition coefficient (Wildman–Crippen LogP) is 1.96. The molecule has 0 aliphatic carbocycles. The van der Waals surface area contributed by atoms with Crippen LogP contribution in [0.4, 0.5) is 0 Å². The van der Waals surface area contributed by atoms with E-state index in [1.54, 1.807) is 24.3 Å². The Morgan fingerprint density at radius 1 is 1.53 bits per heavy atom. The number of carbonyl (C=O) groups excluding carboxylic acids is 1. The number of nitriles is 1. The van der Waals surface area contributed by atoms with Crippen molar-refractivity contribution in [2.24, 2.45) is 0 Å². The van der Waals surface area contributed by atoms with Crippen LogP contribution in [0.2, 0.25) is 0 Å². The Morgan fingerprint density at radius 2 is 2.24 bits per heavy atom. The highest BCUT2D eigenvalue weighted by Gasteiger charge is 2.05. The molecule has 17 heavy (non-hydrogen) atoms. The van der Waals surface area contributed by atoms with Gasteiger partial charge in [0.05, 0.1) is 5.56 Å². The average Bonchev–Trinajstić information content (AvgIpc) is 2.34. The first-order chi connectivity index (χ1) is 8.13. The van der Waals surface area contributed by atoms with E-state index in [-0.39, 0.29) is 12.5 Å². The zero-order valence-electron chi connectivity index (χ0n) is 9.07. The van der Waals surface area contributed by atoms with Gasteiger partial charge in [-0.15, -0.1) is 0 Å². The number of nitrogens with zero attached hydrogens (tertiary/aromatic N) is 1. The van der Waals surface area contributed by atoms with Gasteiger partial charge in [-0.25, -0.2) is 0 Å². The normalized spacial score (nSPS) is 9.18. The molecule has 0 saturated heterocycles. The van der Waals surface area contributed by atoms with Crippen molar-refractivity contribution in [1.82, 2.24) is 5.32 Å². The Bertz CT molecular complexity index is 466. The first-order valence-corrected chi connectivity index (χ1v) is 5.64. The van der Waals surface area contributed by atoms with E-state index in [2.05, 4.69) is 27.8 Å². The molecule has 1 N–H and O–H groups in total. The molecule has 0 heterocycles. The topological polar surface area (TPSA) is 62.1 Å². The average molecular weight is 295 g/mol. The number of carbonyl (C=O) groups is 1. The van der Waals surface area contributed by atoms with E-state index >= 15 is 0 Å². The molecular weight excluding hydrogens is 284 g/mol. The zero-order chi connectivity index (χ0) is 12.7. The van der Waals surface area contributed by atoms with Crippen LogP contribution in [0, 0.1) is 11.3 Å². The fourth-order valence-electron chi connectivity index (χ4n) is 1.07. The van der Waals surface area contributed by atoms with E-state index in [0.29, 0.717) is 22.3 Å². The highest BCUT2D eigenvalue weighted by Crippen LogP contribution is 2.16. The highest BCUT2D eigenvalue weighted by molar-refractivity contribution is 9.11. The quantitative estimate of drug-likeness (QED) is 0.903. The maximum absolute atomic E-state index is 11.3. The van der Waals surface area contributed by atoms with E-state index in [0.717, 1.165) is 0 Å². The molecule has 4 nitrogen and oxygen atoms in total. The van der Waals surface area contributed by atoms with Gasteiger partial charge in [-0.3, -0.25) is 4.79 Å². The molecule has 0 aliphatic rings. The summed E-state index contributed by atoms with van der Waals surface area (Å²) in [7, 11) is 0. The Hall–Kier alpha value is -1.80. The second-order valence-electron chi connectivity index (χ2n) is 3.19. The molecule has 5 heteroatoms. The molecule has 1 rings (SSSR count). The Balaban J connectivity index is 2.48. The molecule has 88 valence electrons. The number of ether oxygens (including phenoxy) is 1. The Morgan fingerprint density at radius 3 is 2.88 bits per heavy atom. The molecule has 0 bridgehead atoms. The van der Waals surface area contributed by atoms with Crippen LogP contribution in [0.1, 0.15) is 5.56 Å². The van der Waals surface area contributed by atoms with Gasteiger partial charge in [0.1, 0.15) is 11.8 Å². The Kier molecular flexibility index (Phi) is 5.24. The summed E-state index contributed by atoms with van der Waals surface area (Å²) >= 11 is 3.13. The summed E-state index contributed by atoms with van der Waals surface area (Å²) in [5.41, 5.74) is 0.408. The standard InChI is InChI=1S/C12H11BrN2O2/c1-9(13)7-15-12(16)8-17-11-5-3-2-4-10(11)6-14/h2-5H,1,7-8H2,(H,15,16). The summed E-state index contributed by atoms with van der Waals surface area (Å²) in [6.07, 6.45) is 0. The summed E-state index contributed by atoms with van der Waals surface area (Å²) in [6.45, 7) is 3.81. The lowest BCUT2D eigenvalue weighted by Gasteiger charge is -2.07. The van der Waals surface area contributed by atoms with E-state index in [1.165, 1.54) is 0 Å². The third-order valence-electron chi connectivity index (χ3n) is 1.84. The lowest BCUT2D eigenvalue weighted by Crippen LogP contribution is -2.29. The molecule has 0 saturated carbocycles. The van der Waals surface area contributed by atoms with Gasteiger partial charge in [0.25, 0.3) is 5.91 Å². The van der Waals surface area contributed by atoms with Crippen molar-refractivity contribution in [3.8, 4) is 11.8 Å². The number of halogens is 1. The molecule has 0 spiro atoms. The van der Waals surface area contributed by atoms with Gasteiger partial charge in [-0.05, 0) is 12.1 Å². The summed E-state index contributed by atoms with van der Waals surface area (Å²) in [5.74, 6) is 0.140. The second-order valence-corrected chi connectivity index (χ2v) is 4.31.